The zero-order valence-electron chi connectivity index (χ0n) is 7.76. The van der Waals surface area contributed by atoms with Crippen molar-refractivity contribution in [2.45, 2.75) is 19.4 Å². The van der Waals surface area contributed by atoms with E-state index in [1.54, 1.807) is 0 Å². The fourth-order valence-electron chi connectivity index (χ4n) is 1.14. The number of alkyl halides is 5. The quantitative estimate of drug-likeness (QED) is 0.825. The van der Waals surface area contributed by atoms with Gasteiger partial charge in [0.1, 0.15) is 5.75 Å². The molecule has 0 spiro atoms. The molecular formula is C9H7F5O2. The van der Waals surface area contributed by atoms with Gasteiger partial charge in [-0.2, -0.15) is 0 Å². The van der Waals surface area contributed by atoms with E-state index in [4.69, 9.17) is 5.11 Å². The number of aliphatic hydroxyl groups excluding tert-OH is 1. The first-order chi connectivity index (χ1) is 7.35. The van der Waals surface area contributed by atoms with Gasteiger partial charge in [-0.3, -0.25) is 0 Å². The molecule has 0 aliphatic heterocycles. The summed E-state index contributed by atoms with van der Waals surface area (Å²) in [6.45, 7) is -0.814. The first-order valence-corrected chi connectivity index (χ1v) is 4.11. The second-order valence-corrected chi connectivity index (χ2v) is 2.84. The second-order valence-electron chi connectivity index (χ2n) is 2.84. The number of halogens is 5. The van der Waals surface area contributed by atoms with Crippen LogP contribution in [0.25, 0.3) is 0 Å². The molecule has 0 saturated heterocycles. The highest BCUT2D eigenvalue weighted by molar-refractivity contribution is 5.42. The molecule has 1 aromatic rings. The first-order valence-electron chi connectivity index (χ1n) is 4.11. The van der Waals surface area contributed by atoms with Crippen LogP contribution >= 0.6 is 0 Å². The SMILES string of the molecule is OCc1cccc(C(F)F)c1OC(F)(F)F. The topological polar surface area (TPSA) is 29.5 Å². The largest absolute Gasteiger partial charge is 0.573 e. The Morgan fingerprint density at radius 2 is 1.88 bits per heavy atom. The zero-order valence-corrected chi connectivity index (χ0v) is 7.76. The number of para-hydroxylation sites is 1. The van der Waals surface area contributed by atoms with Gasteiger partial charge in [-0.15, -0.1) is 13.2 Å². The molecule has 1 rings (SSSR count). The Labute approximate surface area is 87.3 Å². The van der Waals surface area contributed by atoms with Crippen molar-refractivity contribution < 1.29 is 31.8 Å². The van der Waals surface area contributed by atoms with Crippen LogP contribution in [0.2, 0.25) is 0 Å². The summed E-state index contributed by atoms with van der Waals surface area (Å²) in [5.41, 5.74) is -1.24. The molecule has 1 aromatic carbocycles. The van der Waals surface area contributed by atoms with Crippen LogP contribution in [-0.2, 0) is 6.61 Å². The van der Waals surface area contributed by atoms with Gasteiger partial charge in [0.05, 0.1) is 12.2 Å². The Morgan fingerprint density at radius 1 is 1.25 bits per heavy atom. The summed E-state index contributed by atoms with van der Waals surface area (Å²) in [7, 11) is 0. The van der Waals surface area contributed by atoms with E-state index in [9.17, 15) is 22.0 Å². The summed E-state index contributed by atoms with van der Waals surface area (Å²) in [5.74, 6) is -1.03. The molecule has 0 atom stereocenters. The molecule has 90 valence electrons. The second kappa shape index (κ2) is 4.65. The summed E-state index contributed by atoms with van der Waals surface area (Å²) in [6, 6.07) is 3.01. The predicted molar refractivity (Wildman–Crippen MR) is 44.0 cm³/mol. The Hall–Kier alpha value is -1.37. The maximum absolute atomic E-state index is 12.4. The van der Waals surface area contributed by atoms with Gasteiger partial charge in [0.15, 0.2) is 0 Å². The van der Waals surface area contributed by atoms with Gasteiger partial charge in [0.25, 0.3) is 6.43 Å². The predicted octanol–water partition coefficient (Wildman–Crippen LogP) is 3.02. The minimum atomic E-state index is -5.07. The molecule has 0 unspecified atom stereocenters. The molecule has 0 aromatic heterocycles. The summed E-state index contributed by atoms with van der Waals surface area (Å²) < 4.78 is 64.1. The molecule has 0 aliphatic rings. The molecule has 16 heavy (non-hydrogen) atoms. The minimum absolute atomic E-state index is 0.338. The third-order valence-electron chi connectivity index (χ3n) is 1.75. The van der Waals surface area contributed by atoms with Gasteiger partial charge in [-0.25, -0.2) is 8.78 Å². The molecule has 2 nitrogen and oxygen atoms in total. The molecular weight excluding hydrogens is 235 g/mol. The average Bonchev–Trinajstić information content (AvgIpc) is 2.15. The number of rotatable bonds is 3. The van der Waals surface area contributed by atoms with Crippen LogP contribution < -0.4 is 4.74 Å². The van der Waals surface area contributed by atoms with E-state index in [2.05, 4.69) is 4.74 Å². The monoisotopic (exact) mass is 242 g/mol. The van der Waals surface area contributed by atoms with Crippen molar-refractivity contribution in [2.75, 3.05) is 0 Å². The summed E-state index contributed by atoms with van der Waals surface area (Å²) in [5, 5.41) is 8.73. The maximum Gasteiger partial charge on any atom is 0.573 e. The lowest BCUT2D eigenvalue weighted by Crippen LogP contribution is -2.19. The Kier molecular flexibility index (Phi) is 3.69. The number of aliphatic hydroxyl groups is 1. The highest BCUT2D eigenvalue weighted by atomic mass is 19.4. The van der Waals surface area contributed by atoms with Crippen molar-refractivity contribution in [3.8, 4) is 5.75 Å². The lowest BCUT2D eigenvalue weighted by atomic mass is 10.1. The molecule has 1 N–H and O–H groups in total. The van der Waals surface area contributed by atoms with Gasteiger partial charge in [0.2, 0.25) is 0 Å². The van der Waals surface area contributed by atoms with Crippen LogP contribution in [0.1, 0.15) is 17.6 Å². The highest BCUT2D eigenvalue weighted by Gasteiger charge is 2.34. The molecule has 0 fully saturated rings. The van der Waals surface area contributed by atoms with Crippen LogP contribution in [0.3, 0.4) is 0 Å². The van der Waals surface area contributed by atoms with Crippen LogP contribution in [0, 0.1) is 0 Å². The highest BCUT2D eigenvalue weighted by Crippen LogP contribution is 2.35. The van der Waals surface area contributed by atoms with Gasteiger partial charge in [0, 0.05) is 5.56 Å². The lowest BCUT2D eigenvalue weighted by molar-refractivity contribution is -0.275. The molecule has 7 heteroatoms. The van der Waals surface area contributed by atoms with E-state index in [0.717, 1.165) is 18.2 Å². The summed E-state index contributed by atoms with van der Waals surface area (Å²) >= 11 is 0. The molecule has 0 radical (unpaired) electrons. The van der Waals surface area contributed by atoms with E-state index in [0.29, 0.717) is 0 Å². The average molecular weight is 242 g/mol. The van der Waals surface area contributed by atoms with Crippen molar-refractivity contribution in [1.82, 2.24) is 0 Å². The van der Waals surface area contributed by atoms with E-state index in [1.807, 2.05) is 0 Å². The smallest absolute Gasteiger partial charge is 0.405 e. The Morgan fingerprint density at radius 3 is 2.31 bits per heavy atom. The molecule has 0 amide bonds. The molecule has 0 saturated carbocycles. The third-order valence-corrected chi connectivity index (χ3v) is 1.75. The van der Waals surface area contributed by atoms with Gasteiger partial charge in [-0.1, -0.05) is 12.1 Å². The summed E-state index contributed by atoms with van der Waals surface area (Å²) in [4.78, 5) is 0. The lowest BCUT2D eigenvalue weighted by Gasteiger charge is -2.15. The fraction of sp³-hybridized carbons (Fsp3) is 0.333. The zero-order chi connectivity index (χ0) is 12.3. The standard InChI is InChI=1S/C9H7F5O2/c10-8(11)6-3-1-2-5(4-15)7(6)16-9(12,13)14/h1-3,8,15H,4H2. The fourth-order valence-corrected chi connectivity index (χ4v) is 1.14. The number of ether oxygens (including phenoxy) is 1. The van der Waals surface area contributed by atoms with Crippen molar-refractivity contribution >= 4 is 0 Å². The first kappa shape index (κ1) is 12.7. The molecule has 0 aliphatic carbocycles. The van der Waals surface area contributed by atoms with Gasteiger partial charge in [-0.05, 0) is 6.07 Å². The number of hydrogen-bond acceptors (Lipinski definition) is 2. The Bertz CT molecular complexity index is 361. The van der Waals surface area contributed by atoms with Crippen LogP contribution in [-0.4, -0.2) is 11.5 Å². The molecule has 0 heterocycles. The van der Waals surface area contributed by atoms with Gasteiger partial charge >= 0.3 is 6.36 Å². The third kappa shape index (κ3) is 3.06. The normalized spacial score (nSPS) is 11.9. The van der Waals surface area contributed by atoms with Crippen molar-refractivity contribution in [3.63, 3.8) is 0 Å². The van der Waals surface area contributed by atoms with E-state index in [1.165, 1.54) is 0 Å². The van der Waals surface area contributed by atoms with Crippen molar-refractivity contribution in [2.24, 2.45) is 0 Å². The number of hydrogen-bond donors (Lipinski definition) is 1. The van der Waals surface area contributed by atoms with Crippen LogP contribution in [0.4, 0.5) is 22.0 Å². The van der Waals surface area contributed by atoms with Gasteiger partial charge < -0.3 is 9.84 Å². The molecule has 0 bridgehead atoms. The minimum Gasteiger partial charge on any atom is -0.405 e. The van der Waals surface area contributed by atoms with E-state index in [-0.39, 0.29) is 5.56 Å². The Balaban J connectivity index is 3.20. The van der Waals surface area contributed by atoms with Crippen LogP contribution in [0.15, 0.2) is 18.2 Å². The van der Waals surface area contributed by atoms with E-state index >= 15 is 0 Å². The van der Waals surface area contributed by atoms with E-state index < -0.39 is 30.7 Å². The maximum atomic E-state index is 12.4. The summed E-state index contributed by atoms with van der Waals surface area (Å²) in [6.07, 6.45) is -8.18. The number of benzene rings is 1. The van der Waals surface area contributed by atoms with Crippen molar-refractivity contribution in [3.05, 3.63) is 29.3 Å². The van der Waals surface area contributed by atoms with Crippen LogP contribution in [0.5, 0.6) is 5.75 Å². The van der Waals surface area contributed by atoms with Crippen molar-refractivity contribution in [1.29, 1.82) is 0 Å².